The zero-order valence-electron chi connectivity index (χ0n) is 13.8. The van der Waals surface area contributed by atoms with Gasteiger partial charge in [-0.15, -0.1) is 0 Å². The second kappa shape index (κ2) is 7.51. The molecule has 1 aromatic rings. The number of phenolic OH excluding ortho intramolecular Hbond substituents is 1. The summed E-state index contributed by atoms with van der Waals surface area (Å²) >= 11 is 0. The quantitative estimate of drug-likeness (QED) is 0.662. The fraction of sp³-hybridized carbons (Fsp3) is 0.474. The Morgan fingerprint density at radius 2 is 1.67 bits per heavy atom. The molecular weight excluding hydrogens is 304 g/mol. The van der Waals surface area contributed by atoms with E-state index >= 15 is 0 Å². The standard InChI is InChI=1S/C19H24N2O3/c22-17-11-5-4-10-16(17)20-18(23)14-8-2-3-9-15(14)19(24)21-12-6-1-7-13-21/h2-5,10-11,14-15,22H,1,6-9,12-13H2,(H,20,23). The molecule has 2 atom stereocenters. The number of benzene rings is 1. The van der Waals surface area contributed by atoms with Crippen molar-refractivity contribution in [3.05, 3.63) is 36.4 Å². The number of piperidine rings is 1. The molecule has 0 spiro atoms. The molecule has 5 heteroatoms. The van der Waals surface area contributed by atoms with Gasteiger partial charge in [0, 0.05) is 13.1 Å². The Morgan fingerprint density at radius 3 is 2.38 bits per heavy atom. The average molecular weight is 328 g/mol. The topological polar surface area (TPSA) is 69.6 Å². The van der Waals surface area contributed by atoms with Gasteiger partial charge in [-0.25, -0.2) is 0 Å². The molecule has 0 aromatic heterocycles. The van der Waals surface area contributed by atoms with Crippen LogP contribution in [0, 0.1) is 11.8 Å². The zero-order valence-corrected chi connectivity index (χ0v) is 13.8. The molecule has 24 heavy (non-hydrogen) atoms. The Labute approximate surface area is 142 Å². The van der Waals surface area contributed by atoms with Crippen LogP contribution in [0.4, 0.5) is 5.69 Å². The molecule has 2 N–H and O–H groups in total. The highest BCUT2D eigenvalue weighted by molar-refractivity contribution is 5.97. The number of para-hydroxylation sites is 2. The molecule has 2 aliphatic rings. The molecule has 1 fully saturated rings. The van der Waals surface area contributed by atoms with Gasteiger partial charge in [-0.2, -0.15) is 0 Å². The number of nitrogens with one attached hydrogen (secondary N) is 1. The first-order chi connectivity index (χ1) is 11.7. The lowest BCUT2D eigenvalue weighted by Crippen LogP contribution is -2.45. The normalized spacial score (nSPS) is 23.8. The van der Waals surface area contributed by atoms with E-state index in [-0.39, 0.29) is 29.4 Å². The van der Waals surface area contributed by atoms with Gasteiger partial charge in [0.25, 0.3) is 0 Å². The summed E-state index contributed by atoms with van der Waals surface area (Å²) in [6.45, 7) is 1.60. The Hall–Kier alpha value is -2.30. The Morgan fingerprint density at radius 1 is 1.00 bits per heavy atom. The third-order valence-electron chi connectivity index (χ3n) is 4.92. The minimum absolute atomic E-state index is 0.0381. The Kier molecular flexibility index (Phi) is 5.18. The van der Waals surface area contributed by atoms with Crippen LogP contribution in [0.25, 0.3) is 0 Å². The molecule has 2 unspecified atom stereocenters. The molecule has 0 radical (unpaired) electrons. The van der Waals surface area contributed by atoms with Gasteiger partial charge in [0.05, 0.1) is 17.5 Å². The minimum atomic E-state index is -0.385. The number of anilines is 1. The summed E-state index contributed by atoms with van der Waals surface area (Å²) in [4.78, 5) is 27.5. The molecule has 2 amide bonds. The lowest BCUT2D eigenvalue weighted by Gasteiger charge is -2.34. The second-order valence-corrected chi connectivity index (χ2v) is 6.55. The number of carbonyl (C=O) groups excluding carboxylic acids is 2. The van der Waals surface area contributed by atoms with Crippen molar-refractivity contribution in [1.29, 1.82) is 0 Å². The highest BCUT2D eigenvalue weighted by Gasteiger charge is 2.36. The van der Waals surface area contributed by atoms with E-state index in [2.05, 4.69) is 5.32 Å². The van der Waals surface area contributed by atoms with Crippen molar-refractivity contribution in [2.45, 2.75) is 32.1 Å². The van der Waals surface area contributed by atoms with E-state index in [4.69, 9.17) is 0 Å². The van der Waals surface area contributed by atoms with Gasteiger partial charge in [0.1, 0.15) is 5.75 Å². The molecular formula is C19H24N2O3. The molecule has 0 saturated carbocycles. The fourth-order valence-electron chi connectivity index (χ4n) is 3.53. The number of nitrogens with zero attached hydrogens (tertiary/aromatic N) is 1. The first kappa shape index (κ1) is 16.6. The largest absolute Gasteiger partial charge is 0.506 e. The average Bonchev–Trinajstić information content (AvgIpc) is 2.63. The van der Waals surface area contributed by atoms with E-state index in [1.807, 2.05) is 17.1 Å². The van der Waals surface area contributed by atoms with Crippen LogP contribution in [0.1, 0.15) is 32.1 Å². The number of likely N-dealkylation sites (tertiary alicyclic amines) is 1. The van der Waals surface area contributed by atoms with Crippen molar-refractivity contribution in [2.24, 2.45) is 11.8 Å². The molecule has 1 saturated heterocycles. The number of allylic oxidation sites excluding steroid dienone is 2. The van der Waals surface area contributed by atoms with Gasteiger partial charge in [0.2, 0.25) is 11.8 Å². The van der Waals surface area contributed by atoms with Gasteiger partial charge in [-0.05, 0) is 44.2 Å². The number of aromatic hydroxyl groups is 1. The van der Waals surface area contributed by atoms with Crippen molar-refractivity contribution < 1.29 is 14.7 Å². The molecule has 1 aliphatic heterocycles. The van der Waals surface area contributed by atoms with Crippen molar-refractivity contribution in [3.8, 4) is 5.75 Å². The number of rotatable bonds is 3. The van der Waals surface area contributed by atoms with Gasteiger partial charge < -0.3 is 15.3 Å². The van der Waals surface area contributed by atoms with E-state index in [9.17, 15) is 14.7 Å². The molecule has 0 bridgehead atoms. The maximum absolute atomic E-state index is 12.9. The third kappa shape index (κ3) is 3.61. The van der Waals surface area contributed by atoms with Gasteiger partial charge in [-0.1, -0.05) is 24.3 Å². The third-order valence-corrected chi connectivity index (χ3v) is 4.92. The minimum Gasteiger partial charge on any atom is -0.506 e. The molecule has 1 aliphatic carbocycles. The smallest absolute Gasteiger partial charge is 0.228 e. The second-order valence-electron chi connectivity index (χ2n) is 6.55. The first-order valence-electron chi connectivity index (χ1n) is 8.69. The summed E-state index contributed by atoms with van der Waals surface area (Å²) in [5.74, 6) is -0.758. The van der Waals surface area contributed by atoms with Crippen LogP contribution < -0.4 is 5.32 Å². The predicted molar refractivity (Wildman–Crippen MR) is 92.5 cm³/mol. The Balaban J connectivity index is 1.72. The first-order valence-corrected chi connectivity index (χ1v) is 8.69. The molecule has 3 rings (SSSR count). The van der Waals surface area contributed by atoms with Crippen LogP contribution in [0.15, 0.2) is 36.4 Å². The van der Waals surface area contributed by atoms with Crippen molar-refractivity contribution in [1.82, 2.24) is 4.90 Å². The number of phenols is 1. The van der Waals surface area contributed by atoms with Crippen LogP contribution in [0.5, 0.6) is 5.75 Å². The summed E-state index contributed by atoms with van der Waals surface area (Å²) in [6.07, 6.45) is 8.39. The number of hydrogen-bond acceptors (Lipinski definition) is 3. The fourth-order valence-corrected chi connectivity index (χ4v) is 3.53. The van der Waals surface area contributed by atoms with Gasteiger partial charge in [-0.3, -0.25) is 9.59 Å². The lowest BCUT2D eigenvalue weighted by molar-refractivity contribution is -0.141. The summed E-state index contributed by atoms with van der Waals surface area (Å²) < 4.78 is 0. The summed E-state index contributed by atoms with van der Waals surface area (Å²) in [5, 5.41) is 12.6. The maximum atomic E-state index is 12.9. The monoisotopic (exact) mass is 328 g/mol. The van der Waals surface area contributed by atoms with Crippen molar-refractivity contribution in [2.75, 3.05) is 18.4 Å². The van der Waals surface area contributed by atoms with E-state index in [1.54, 1.807) is 18.2 Å². The predicted octanol–water partition coefficient (Wildman–Crippen LogP) is 2.93. The summed E-state index contributed by atoms with van der Waals surface area (Å²) in [6, 6.07) is 6.66. The summed E-state index contributed by atoms with van der Waals surface area (Å²) in [5.41, 5.74) is 0.390. The molecule has 1 aromatic carbocycles. The van der Waals surface area contributed by atoms with E-state index in [1.165, 1.54) is 12.5 Å². The SMILES string of the molecule is O=C(Nc1ccccc1O)C1CC=CCC1C(=O)N1CCCCC1. The zero-order chi connectivity index (χ0) is 16.9. The number of hydrogen-bond donors (Lipinski definition) is 2. The van der Waals surface area contributed by atoms with Crippen LogP contribution in [-0.4, -0.2) is 34.9 Å². The van der Waals surface area contributed by atoms with Crippen LogP contribution in [0.2, 0.25) is 0 Å². The van der Waals surface area contributed by atoms with E-state index in [0.29, 0.717) is 18.5 Å². The summed E-state index contributed by atoms with van der Waals surface area (Å²) in [7, 11) is 0. The maximum Gasteiger partial charge on any atom is 0.228 e. The van der Waals surface area contributed by atoms with E-state index < -0.39 is 0 Å². The van der Waals surface area contributed by atoms with Crippen LogP contribution >= 0.6 is 0 Å². The Bertz CT molecular complexity index is 635. The number of amides is 2. The molecule has 128 valence electrons. The van der Waals surface area contributed by atoms with E-state index in [0.717, 1.165) is 25.9 Å². The molecule has 1 heterocycles. The lowest BCUT2D eigenvalue weighted by atomic mass is 9.81. The highest BCUT2D eigenvalue weighted by Crippen LogP contribution is 2.31. The van der Waals surface area contributed by atoms with Crippen molar-refractivity contribution >= 4 is 17.5 Å². The van der Waals surface area contributed by atoms with Crippen LogP contribution in [-0.2, 0) is 9.59 Å². The van der Waals surface area contributed by atoms with Crippen molar-refractivity contribution in [3.63, 3.8) is 0 Å². The van der Waals surface area contributed by atoms with Gasteiger partial charge in [0.15, 0.2) is 0 Å². The highest BCUT2D eigenvalue weighted by atomic mass is 16.3. The van der Waals surface area contributed by atoms with Crippen LogP contribution in [0.3, 0.4) is 0 Å². The number of carbonyl (C=O) groups is 2. The molecule has 5 nitrogen and oxygen atoms in total. The van der Waals surface area contributed by atoms with Gasteiger partial charge >= 0.3 is 0 Å².